The van der Waals surface area contributed by atoms with Gasteiger partial charge in [0.1, 0.15) is 0 Å². The van der Waals surface area contributed by atoms with Gasteiger partial charge in [-0.1, -0.05) is 6.07 Å². The van der Waals surface area contributed by atoms with Crippen molar-refractivity contribution in [1.29, 1.82) is 0 Å². The van der Waals surface area contributed by atoms with Crippen molar-refractivity contribution in [2.24, 2.45) is 0 Å². The molecule has 0 aliphatic rings. The normalized spacial score (nSPS) is 11.7. The molecule has 1 atom stereocenters. The second-order valence-corrected chi connectivity index (χ2v) is 3.90. The molecule has 0 aromatic heterocycles. The summed E-state index contributed by atoms with van der Waals surface area (Å²) < 4.78 is 5.19. The molecule has 104 valence electrons. The molecule has 2 N–H and O–H groups in total. The van der Waals surface area contributed by atoms with E-state index < -0.39 is 16.9 Å². The summed E-state index contributed by atoms with van der Waals surface area (Å²) in [6.45, 7) is 3.47. The first kappa shape index (κ1) is 14.9. The first-order chi connectivity index (χ1) is 8.97. The molecule has 1 aromatic carbocycles. The fourth-order valence-corrected chi connectivity index (χ4v) is 1.48. The van der Waals surface area contributed by atoms with Gasteiger partial charge in [0.25, 0.3) is 5.91 Å². The van der Waals surface area contributed by atoms with Crippen LogP contribution in [0.5, 0.6) is 5.75 Å². The molecule has 0 unspecified atom stereocenters. The summed E-state index contributed by atoms with van der Waals surface area (Å²) in [6, 6.07) is 4.13. The van der Waals surface area contributed by atoms with E-state index in [-0.39, 0.29) is 30.2 Å². The average molecular weight is 268 g/mol. The smallest absolute Gasteiger partial charge is 0.311 e. The number of hydrogen-bond donors (Lipinski definition) is 2. The number of nitrogens with zero attached hydrogens (tertiary/aromatic N) is 1. The second kappa shape index (κ2) is 6.69. The third-order valence-corrected chi connectivity index (χ3v) is 2.28. The van der Waals surface area contributed by atoms with Crippen molar-refractivity contribution < 1.29 is 19.6 Å². The van der Waals surface area contributed by atoms with Gasteiger partial charge in [-0.15, -0.1) is 0 Å². The Labute approximate surface area is 110 Å². The van der Waals surface area contributed by atoms with Crippen molar-refractivity contribution in [3.05, 3.63) is 33.9 Å². The van der Waals surface area contributed by atoms with Crippen molar-refractivity contribution in [2.45, 2.75) is 20.0 Å². The van der Waals surface area contributed by atoms with Gasteiger partial charge < -0.3 is 15.2 Å². The lowest BCUT2D eigenvalue weighted by atomic mass is 10.1. The molecule has 0 fully saturated rings. The van der Waals surface area contributed by atoms with Gasteiger partial charge >= 0.3 is 5.69 Å². The van der Waals surface area contributed by atoms with E-state index in [2.05, 4.69) is 5.32 Å². The van der Waals surface area contributed by atoms with Gasteiger partial charge in [0.2, 0.25) is 5.75 Å². The van der Waals surface area contributed by atoms with Crippen LogP contribution in [0.25, 0.3) is 0 Å². The van der Waals surface area contributed by atoms with Crippen LogP contribution in [0, 0.1) is 10.1 Å². The highest BCUT2D eigenvalue weighted by atomic mass is 16.6. The van der Waals surface area contributed by atoms with E-state index in [1.165, 1.54) is 25.1 Å². The number of hydrogen-bond acceptors (Lipinski definition) is 5. The van der Waals surface area contributed by atoms with Crippen molar-refractivity contribution in [1.82, 2.24) is 5.32 Å². The zero-order valence-corrected chi connectivity index (χ0v) is 10.8. The van der Waals surface area contributed by atoms with Crippen LogP contribution in [-0.2, 0) is 0 Å². The second-order valence-electron chi connectivity index (χ2n) is 3.90. The van der Waals surface area contributed by atoms with Crippen molar-refractivity contribution >= 4 is 11.6 Å². The summed E-state index contributed by atoms with van der Waals surface area (Å²) in [6.07, 6.45) is -0.696. The quantitative estimate of drug-likeness (QED) is 0.594. The Balaban J connectivity index is 3.08. The summed E-state index contributed by atoms with van der Waals surface area (Å²) in [4.78, 5) is 22.2. The van der Waals surface area contributed by atoms with E-state index in [1.54, 1.807) is 6.92 Å². The van der Waals surface area contributed by atoms with Gasteiger partial charge in [-0.2, -0.15) is 0 Å². The predicted molar refractivity (Wildman–Crippen MR) is 68.3 cm³/mol. The Morgan fingerprint density at radius 2 is 2.26 bits per heavy atom. The number of nitro groups is 1. The Morgan fingerprint density at radius 1 is 1.58 bits per heavy atom. The zero-order chi connectivity index (χ0) is 14.4. The van der Waals surface area contributed by atoms with Gasteiger partial charge in [-0.25, -0.2) is 0 Å². The van der Waals surface area contributed by atoms with E-state index >= 15 is 0 Å². The topological polar surface area (TPSA) is 102 Å². The Bertz CT molecular complexity index is 473. The van der Waals surface area contributed by atoms with Crippen LogP contribution >= 0.6 is 0 Å². The minimum absolute atomic E-state index is 0.0573. The molecule has 0 aliphatic heterocycles. The summed E-state index contributed by atoms with van der Waals surface area (Å²) in [5.74, 6) is -0.578. The molecule has 1 aromatic rings. The molecular formula is C12H16N2O5. The minimum atomic E-state index is -0.696. The molecule has 0 aliphatic carbocycles. The number of carbonyl (C=O) groups is 1. The van der Waals surface area contributed by atoms with Gasteiger partial charge in [0.15, 0.2) is 0 Å². The maximum atomic E-state index is 11.9. The lowest BCUT2D eigenvalue weighted by molar-refractivity contribution is -0.385. The monoisotopic (exact) mass is 268 g/mol. The SMILES string of the molecule is CCOc1c(C(=O)NC[C@H](C)O)cccc1[N+](=O)[O-]. The highest BCUT2D eigenvalue weighted by Crippen LogP contribution is 2.30. The van der Waals surface area contributed by atoms with Gasteiger partial charge in [-0.05, 0) is 19.9 Å². The summed E-state index contributed by atoms with van der Waals surface area (Å²) in [5, 5.41) is 22.5. The predicted octanol–water partition coefficient (Wildman–Crippen LogP) is 1.10. The van der Waals surface area contributed by atoms with Crippen LogP contribution < -0.4 is 10.1 Å². The number of benzene rings is 1. The van der Waals surface area contributed by atoms with E-state index in [9.17, 15) is 14.9 Å². The molecule has 0 radical (unpaired) electrons. The molecule has 19 heavy (non-hydrogen) atoms. The number of nitrogens with one attached hydrogen (secondary N) is 1. The molecule has 0 bridgehead atoms. The van der Waals surface area contributed by atoms with Crippen LogP contribution in [-0.4, -0.2) is 35.2 Å². The number of aliphatic hydroxyl groups is 1. The van der Waals surface area contributed by atoms with Crippen LogP contribution in [0.2, 0.25) is 0 Å². The van der Waals surface area contributed by atoms with Crippen LogP contribution in [0.1, 0.15) is 24.2 Å². The number of rotatable bonds is 6. The highest BCUT2D eigenvalue weighted by Gasteiger charge is 2.22. The van der Waals surface area contributed by atoms with Gasteiger partial charge in [-0.3, -0.25) is 14.9 Å². The van der Waals surface area contributed by atoms with E-state index in [0.717, 1.165) is 0 Å². The summed E-state index contributed by atoms with van der Waals surface area (Å²) in [7, 11) is 0. The lowest BCUT2D eigenvalue weighted by Crippen LogP contribution is -2.30. The molecule has 1 amide bonds. The third kappa shape index (κ3) is 3.92. The van der Waals surface area contributed by atoms with Crippen LogP contribution in [0.3, 0.4) is 0 Å². The lowest BCUT2D eigenvalue weighted by Gasteiger charge is -2.11. The Morgan fingerprint density at radius 3 is 2.79 bits per heavy atom. The molecular weight excluding hydrogens is 252 g/mol. The average Bonchev–Trinajstić information content (AvgIpc) is 2.36. The van der Waals surface area contributed by atoms with Crippen molar-refractivity contribution in [3.63, 3.8) is 0 Å². The number of ether oxygens (including phenoxy) is 1. The van der Waals surface area contributed by atoms with E-state index in [1.807, 2.05) is 0 Å². The Kier molecular flexibility index (Phi) is 5.25. The number of nitro benzene ring substituents is 1. The van der Waals surface area contributed by atoms with Crippen LogP contribution in [0.15, 0.2) is 18.2 Å². The maximum absolute atomic E-state index is 11.9. The molecule has 1 rings (SSSR count). The molecule has 0 saturated heterocycles. The standard InChI is InChI=1S/C12H16N2O5/c1-3-19-11-9(12(16)13-7-8(2)15)5-4-6-10(11)14(17)18/h4-6,8,15H,3,7H2,1-2H3,(H,13,16)/t8-/m0/s1. The van der Waals surface area contributed by atoms with Gasteiger partial charge in [0.05, 0.1) is 23.2 Å². The number of para-hydroxylation sites is 1. The molecule has 7 heteroatoms. The number of aliphatic hydroxyl groups excluding tert-OH is 1. The van der Waals surface area contributed by atoms with Crippen molar-refractivity contribution in [2.75, 3.05) is 13.2 Å². The zero-order valence-electron chi connectivity index (χ0n) is 10.8. The highest BCUT2D eigenvalue weighted by molar-refractivity contribution is 5.98. The van der Waals surface area contributed by atoms with E-state index in [4.69, 9.17) is 9.84 Å². The minimum Gasteiger partial charge on any atom is -0.487 e. The van der Waals surface area contributed by atoms with Crippen molar-refractivity contribution in [3.8, 4) is 5.75 Å². The molecule has 0 spiro atoms. The first-order valence-electron chi connectivity index (χ1n) is 5.83. The number of carbonyl (C=O) groups excluding carboxylic acids is 1. The van der Waals surface area contributed by atoms with Gasteiger partial charge in [0, 0.05) is 12.6 Å². The molecule has 0 heterocycles. The summed E-state index contributed by atoms with van der Waals surface area (Å²) >= 11 is 0. The fourth-order valence-electron chi connectivity index (χ4n) is 1.48. The summed E-state index contributed by atoms with van der Waals surface area (Å²) in [5.41, 5.74) is -0.178. The third-order valence-electron chi connectivity index (χ3n) is 2.28. The largest absolute Gasteiger partial charge is 0.487 e. The van der Waals surface area contributed by atoms with E-state index in [0.29, 0.717) is 0 Å². The Hall–Kier alpha value is -2.15. The van der Waals surface area contributed by atoms with Crippen LogP contribution in [0.4, 0.5) is 5.69 Å². The number of amides is 1. The fraction of sp³-hybridized carbons (Fsp3) is 0.417. The molecule has 0 saturated carbocycles. The first-order valence-corrected chi connectivity index (χ1v) is 5.83. The maximum Gasteiger partial charge on any atom is 0.311 e. The molecule has 7 nitrogen and oxygen atoms in total.